The summed E-state index contributed by atoms with van der Waals surface area (Å²) in [4.78, 5) is 18.4. The van der Waals surface area contributed by atoms with E-state index in [4.69, 9.17) is 0 Å². The highest BCUT2D eigenvalue weighted by molar-refractivity contribution is 5.95. The first-order chi connectivity index (χ1) is 12.1. The van der Waals surface area contributed by atoms with Gasteiger partial charge < -0.3 is 10.0 Å². The van der Waals surface area contributed by atoms with Gasteiger partial charge >= 0.3 is 5.97 Å². The third kappa shape index (κ3) is 2.84. The second-order valence-corrected chi connectivity index (χ2v) is 6.55. The van der Waals surface area contributed by atoms with Crippen LogP contribution in [0.15, 0.2) is 48.5 Å². The van der Waals surface area contributed by atoms with Crippen LogP contribution in [0.25, 0.3) is 10.9 Å². The van der Waals surface area contributed by atoms with Crippen LogP contribution in [0, 0.1) is 6.92 Å². The van der Waals surface area contributed by atoms with Gasteiger partial charge in [0.1, 0.15) is 0 Å². The van der Waals surface area contributed by atoms with E-state index in [2.05, 4.69) is 34.1 Å². The Hall–Kier alpha value is -2.88. The number of carbonyl (C=O) groups is 1. The van der Waals surface area contributed by atoms with Gasteiger partial charge in [-0.1, -0.05) is 42.5 Å². The molecule has 0 bridgehead atoms. The van der Waals surface area contributed by atoms with Crippen molar-refractivity contribution in [2.24, 2.45) is 0 Å². The number of hydrogen-bond acceptors (Lipinski definition) is 3. The number of fused-ring (bicyclic) bond motifs is 2. The quantitative estimate of drug-likeness (QED) is 0.794. The van der Waals surface area contributed by atoms with E-state index in [0.717, 1.165) is 47.4 Å². The zero-order valence-corrected chi connectivity index (χ0v) is 14.2. The van der Waals surface area contributed by atoms with E-state index < -0.39 is 5.97 Å². The molecule has 0 fully saturated rings. The van der Waals surface area contributed by atoms with E-state index in [1.165, 1.54) is 11.1 Å². The number of hydrogen-bond donors (Lipinski definition) is 1. The third-order valence-corrected chi connectivity index (χ3v) is 4.94. The molecule has 0 atom stereocenters. The Labute approximate surface area is 146 Å². The van der Waals surface area contributed by atoms with Gasteiger partial charge in [0.15, 0.2) is 0 Å². The van der Waals surface area contributed by atoms with Gasteiger partial charge in [0.05, 0.1) is 17.6 Å². The van der Waals surface area contributed by atoms with E-state index in [0.29, 0.717) is 0 Å². The largest absolute Gasteiger partial charge is 0.481 e. The highest BCUT2D eigenvalue weighted by atomic mass is 16.4. The molecule has 1 aliphatic heterocycles. The lowest BCUT2D eigenvalue weighted by atomic mass is 9.96. The normalized spacial score (nSPS) is 13.7. The lowest BCUT2D eigenvalue weighted by Gasteiger charge is -2.33. The molecular formula is C21H20N2O2. The van der Waals surface area contributed by atoms with Crippen molar-refractivity contribution < 1.29 is 9.90 Å². The molecule has 0 unspecified atom stereocenters. The second-order valence-electron chi connectivity index (χ2n) is 6.55. The number of carboxylic acids is 1. The molecule has 0 amide bonds. The Morgan fingerprint density at radius 3 is 2.64 bits per heavy atom. The number of rotatable bonds is 3. The minimum atomic E-state index is -0.821. The van der Waals surface area contributed by atoms with Crippen molar-refractivity contribution in [2.75, 3.05) is 11.4 Å². The number of aliphatic carboxylic acids is 1. The van der Waals surface area contributed by atoms with E-state index in [9.17, 15) is 9.90 Å². The standard InChI is InChI=1S/C21H20N2O2/c1-14-18(12-20(24)25)21(17-8-4-5-9-19(17)22-14)23-11-10-15-6-2-3-7-16(15)13-23/h2-9H,10-13H2,1H3,(H,24,25). The number of aromatic nitrogens is 1. The number of anilines is 1. The Balaban J connectivity index is 1.89. The highest BCUT2D eigenvalue weighted by Gasteiger charge is 2.23. The van der Waals surface area contributed by atoms with Gasteiger partial charge in [-0.05, 0) is 30.5 Å². The van der Waals surface area contributed by atoms with Crippen molar-refractivity contribution in [3.8, 4) is 0 Å². The van der Waals surface area contributed by atoms with E-state index >= 15 is 0 Å². The molecule has 3 aromatic rings. The summed E-state index contributed by atoms with van der Waals surface area (Å²) in [5.41, 5.74) is 6.27. The topological polar surface area (TPSA) is 53.4 Å². The van der Waals surface area contributed by atoms with Crippen LogP contribution in [0.4, 0.5) is 5.69 Å². The molecule has 4 nitrogen and oxygen atoms in total. The maximum absolute atomic E-state index is 11.4. The zero-order valence-electron chi connectivity index (χ0n) is 14.2. The lowest BCUT2D eigenvalue weighted by molar-refractivity contribution is -0.136. The molecule has 0 aliphatic carbocycles. The van der Waals surface area contributed by atoms with Crippen LogP contribution in [0.3, 0.4) is 0 Å². The highest BCUT2D eigenvalue weighted by Crippen LogP contribution is 2.35. The van der Waals surface area contributed by atoms with E-state index in [1.54, 1.807) is 0 Å². The van der Waals surface area contributed by atoms with Gasteiger partial charge in [0.2, 0.25) is 0 Å². The first kappa shape index (κ1) is 15.6. The van der Waals surface area contributed by atoms with Crippen LogP contribution >= 0.6 is 0 Å². The van der Waals surface area contributed by atoms with Gasteiger partial charge in [0.25, 0.3) is 0 Å². The summed E-state index contributed by atoms with van der Waals surface area (Å²) in [7, 11) is 0. The predicted octanol–water partition coefficient (Wildman–Crippen LogP) is 3.73. The van der Waals surface area contributed by atoms with Crippen molar-refractivity contribution in [1.82, 2.24) is 4.98 Å². The second kappa shape index (κ2) is 6.20. The summed E-state index contributed by atoms with van der Waals surface area (Å²) in [6.45, 7) is 3.60. The summed E-state index contributed by atoms with van der Waals surface area (Å²) in [6, 6.07) is 16.5. The molecule has 0 saturated heterocycles. The molecular weight excluding hydrogens is 312 g/mol. The molecule has 1 aliphatic rings. The maximum Gasteiger partial charge on any atom is 0.307 e. The van der Waals surface area contributed by atoms with Gasteiger partial charge in [-0.3, -0.25) is 9.78 Å². The minimum absolute atomic E-state index is 0.00283. The molecule has 1 N–H and O–H groups in total. The fraction of sp³-hybridized carbons (Fsp3) is 0.238. The molecule has 0 saturated carbocycles. The smallest absolute Gasteiger partial charge is 0.307 e. The van der Waals surface area contributed by atoms with Crippen LogP contribution in [0.2, 0.25) is 0 Å². The molecule has 1 aromatic heterocycles. The van der Waals surface area contributed by atoms with Crippen molar-refractivity contribution in [3.63, 3.8) is 0 Å². The SMILES string of the molecule is Cc1nc2ccccc2c(N2CCc3ccccc3C2)c1CC(=O)O. The first-order valence-electron chi connectivity index (χ1n) is 8.55. The number of aryl methyl sites for hydroxylation is 1. The number of para-hydroxylation sites is 1. The lowest BCUT2D eigenvalue weighted by Crippen LogP contribution is -2.32. The van der Waals surface area contributed by atoms with Crippen LogP contribution < -0.4 is 4.90 Å². The zero-order chi connectivity index (χ0) is 17.4. The average Bonchev–Trinajstić information content (AvgIpc) is 2.61. The Morgan fingerprint density at radius 2 is 1.84 bits per heavy atom. The molecule has 4 heteroatoms. The van der Waals surface area contributed by atoms with Gasteiger partial charge in [-0.2, -0.15) is 0 Å². The molecule has 2 aromatic carbocycles. The van der Waals surface area contributed by atoms with Crippen molar-refractivity contribution in [2.45, 2.75) is 26.3 Å². The van der Waals surface area contributed by atoms with Crippen molar-refractivity contribution in [1.29, 1.82) is 0 Å². The molecule has 25 heavy (non-hydrogen) atoms. The Bertz CT molecular complexity index is 965. The summed E-state index contributed by atoms with van der Waals surface area (Å²) in [6.07, 6.45) is 0.968. The van der Waals surface area contributed by atoms with E-state index in [-0.39, 0.29) is 6.42 Å². The van der Waals surface area contributed by atoms with Gasteiger partial charge in [0, 0.05) is 29.7 Å². The fourth-order valence-electron chi connectivity index (χ4n) is 3.76. The van der Waals surface area contributed by atoms with Crippen molar-refractivity contribution >= 4 is 22.6 Å². The molecule has 2 heterocycles. The summed E-state index contributed by atoms with van der Waals surface area (Å²) >= 11 is 0. The average molecular weight is 332 g/mol. The Morgan fingerprint density at radius 1 is 1.12 bits per heavy atom. The molecule has 4 rings (SSSR count). The van der Waals surface area contributed by atoms with Gasteiger partial charge in [-0.25, -0.2) is 0 Å². The monoisotopic (exact) mass is 332 g/mol. The molecule has 0 radical (unpaired) electrons. The number of carboxylic acid groups (broad SMARTS) is 1. The molecule has 126 valence electrons. The number of benzene rings is 2. The Kier molecular flexibility index (Phi) is 3.88. The molecule has 0 spiro atoms. The maximum atomic E-state index is 11.4. The van der Waals surface area contributed by atoms with Crippen LogP contribution in [-0.2, 0) is 24.2 Å². The summed E-state index contributed by atoms with van der Waals surface area (Å²) in [5, 5.41) is 10.4. The fourth-order valence-corrected chi connectivity index (χ4v) is 3.76. The third-order valence-electron chi connectivity index (χ3n) is 4.94. The van der Waals surface area contributed by atoms with Crippen LogP contribution in [0.5, 0.6) is 0 Å². The first-order valence-corrected chi connectivity index (χ1v) is 8.55. The summed E-state index contributed by atoms with van der Waals surface area (Å²) in [5.74, 6) is -0.821. The minimum Gasteiger partial charge on any atom is -0.481 e. The number of pyridine rings is 1. The van der Waals surface area contributed by atoms with Crippen LogP contribution in [0.1, 0.15) is 22.4 Å². The van der Waals surface area contributed by atoms with Crippen molar-refractivity contribution in [3.05, 3.63) is 70.9 Å². The van der Waals surface area contributed by atoms with Gasteiger partial charge in [-0.15, -0.1) is 0 Å². The predicted molar refractivity (Wildman–Crippen MR) is 99.0 cm³/mol. The van der Waals surface area contributed by atoms with E-state index in [1.807, 2.05) is 31.2 Å². The number of nitrogens with zero attached hydrogens (tertiary/aromatic N) is 2. The summed E-state index contributed by atoms with van der Waals surface area (Å²) < 4.78 is 0. The van der Waals surface area contributed by atoms with Crippen LogP contribution in [-0.4, -0.2) is 22.6 Å².